The average Bonchev–Trinajstić information content (AvgIpc) is 3.65. The van der Waals surface area contributed by atoms with Crippen molar-refractivity contribution in [3.63, 3.8) is 0 Å². The van der Waals surface area contributed by atoms with Gasteiger partial charge in [-0.25, -0.2) is 4.98 Å². The van der Waals surface area contributed by atoms with Crippen molar-refractivity contribution in [1.82, 2.24) is 4.98 Å². The van der Waals surface area contributed by atoms with Crippen molar-refractivity contribution in [2.75, 3.05) is 25.3 Å². The van der Waals surface area contributed by atoms with Gasteiger partial charge in [-0.1, -0.05) is 24.3 Å². The number of carbonyl (C=O) groups excluding carboxylic acids is 2. The molecule has 0 radical (unpaired) electrons. The van der Waals surface area contributed by atoms with Crippen LogP contribution in [0.1, 0.15) is 31.4 Å². The number of ketones is 1. The van der Waals surface area contributed by atoms with Crippen LogP contribution >= 0.6 is 11.3 Å². The highest BCUT2D eigenvalue weighted by molar-refractivity contribution is 7.12. The van der Waals surface area contributed by atoms with E-state index in [2.05, 4.69) is 6.07 Å². The smallest absolute Gasteiger partial charge is 0.262 e. The van der Waals surface area contributed by atoms with E-state index in [1.165, 1.54) is 0 Å². The number of hydrogen-bond donors (Lipinski definition) is 0. The Bertz CT molecular complexity index is 1560. The van der Waals surface area contributed by atoms with Crippen LogP contribution in [0.15, 0.2) is 60.7 Å². The van der Waals surface area contributed by atoms with E-state index in [1.807, 2.05) is 54.3 Å². The van der Waals surface area contributed by atoms with Crippen molar-refractivity contribution < 1.29 is 23.8 Å². The lowest BCUT2D eigenvalue weighted by Crippen LogP contribution is -2.29. The Morgan fingerprint density at radius 3 is 2.74 bits per heavy atom. The minimum absolute atomic E-state index is 0.0675. The molecule has 0 unspecified atom stereocenters. The summed E-state index contributed by atoms with van der Waals surface area (Å²) in [5.41, 5.74) is 5.36. The number of fused-ring (bicyclic) bond motifs is 2. The third-order valence-corrected chi connectivity index (χ3v) is 7.83. The fraction of sp³-hybridized carbons (Fsp3) is 0.233. The van der Waals surface area contributed by atoms with Crippen molar-refractivity contribution >= 4 is 28.7 Å². The van der Waals surface area contributed by atoms with E-state index < -0.39 is 0 Å². The SMILES string of the molecule is COc1ccccc1C(=O)N1CCc2cc(-c3nc(CC(=O)Cc4ccc5c(c4)OCO5)sc3C)ccc21. The van der Waals surface area contributed by atoms with E-state index in [0.29, 0.717) is 35.8 Å². The summed E-state index contributed by atoms with van der Waals surface area (Å²) in [6.45, 7) is 2.86. The molecule has 1 aromatic heterocycles. The van der Waals surface area contributed by atoms with E-state index in [1.54, 1.807) is 30.6 Å². The van der Waals surface area contributed by atoms with Crippen molar-refractivity contribution in [1.29, 1.82) is 0 Å². The maximum Gasteiger partial charge on any atom is 0.262 e. The van der Waals surface area contributed by atoms with Gasteiger partial charge in [0.25, 0.3) is 5.91 Å². The largest absolute Gasteiger partial charge is 0.496 e. The van der Waals surface area contributed by atoms with E-state index in [-0.39, 0.29) is 24.9 Å². The molecule has 0 aliphatic carbocycles. The number of carbonyl (C=O) groups is 2. The van der Waals surface area contributed by atoms with Crippen molar-refractivity contribution in [3.05, 3.63) is 87.2 Å². The lowest BCUT2D eigenvalue weighted by atomic mass is 10.0. The first-order chi connectivity index (χ1) is 18.5. The van der Waals surface area contributed by atoms with E-state index in [4.69, 9.17) is 19.2 Å². The number of aryl methyl sites for hydroxylation is 1. The van der Waals surface area contributed by atoms with Gasteiger partial charge in [0.05, 0.1) is 24.8 Å². The number of aromatic nitrogens is 1. The molecule has 7 nitrogen and oxygen atoms in total. The molecule has 2 aliphatic heterocycles. The van der Waals surface area contributed by atoms with Gasteiger partial charge in [-0.05, 0) is 60.9 Å². The van der Waals surface area contributed by atoms with Crippen molar-refractivity contribution in [2.24, 2.45) is 0 Å². The Labute approximate surface area is 224 Å². The predicted octanol–water partition coefficient (Wildman–Crippen LogP) is 5.41. The molecule has 3 heterocycles. The second-order valence-corrected chi connectivity index (χ2v) is 10.6. The topological polar surface area (TPSA) is 78.0 Å². The molecule has 2 aliphatic rings. The molecule has 1 amide bonds. The van der Waals surface area contributed by atoms with Gasteiger partial charge >= 0.3 is 0 Å². The quantitative estimate of drug-likeness (QED) is 0.320. The highest BCUT2D eigenvalue weighted by Gasteiger charge is 2.28. The third kappa shape index (κ3) is 4.52. The van der Waals surface area contributed by atoms with Crippen LogP contribution < -0.4 is 19.1 Å². The molecule has 0 fully saturated rings. The molecule has 38 heavy (non-hydrogen) atoms. The number of para-hydroxylation sites is 1. The molecule has 6 rings (SSSR count). The van der Waals surface area contributed by atoms with Gasteiger partial charge in [0.15, 0.2) is 11.5 Å². The molecule has 8 heteroatoms. The summed E-state index contributed by atoms with van der Waals surface area (Å²) in [6, 6.07) is 19.0. The van der Waals surface area contributed by atoms with Gasteiger partial charge in [0.1, 0.15) is 16.5 Å². The molecular formula is C30H26N2O5S. The van der Waals surface area contributed by atoms with Gasteiger partial charge in [-0.15, -0.1) is 11.3 Å². The summed E-state index contributed by atoms with van der Waals surface area (Å²) in [4.78, 5) is 33.8. The number of anilines is 1. The maximum atomic E-state index is 13.3. The van der Waals surface area contributed by atoms with Crippen LogP contribution in [0.5, 0.6) is 17.2 Å². The normalized spacial score (nSPS) is 13.5. The first kappa shape index (κ1) is 24.2. The fourth-order valence-corrected chi connectivity index (χ4v) is 6.01. The number of benzene rings is 3. The summed E-state index contributed by atoms with van der Waals surface area (Å²) in [7, 11) is 1.58. The lowest BCUT2D eigenvalue weighted by molar-refractivity contribution is -0.117. The zero-order valence-electron chi connectivity index (χ0n) is 21.2. The number of Topliss-reactive ketones (excluding diaryl/α,β-unsaturated/α-hetero) is 1. The molecule has 0 saturated heterocycles. The summed E-state index contributed by atoms with van der Waals surface area (Å²) in [6.07, 6.45) is 1.37. The van der Waals surface area contributed by atoms with Crippen LogP contribution in [0.2, 0.25) is 0 Å². The molecule has 3 aromatic carbocycles. The number of nitrogens with zero attached hydrogens (tertiary/aromatic N) is 2. The number of hydrogen-bond acceptors (Lipinski definition) is 7. The number of amides is 1. The van der Waals surface area contributed by atoms with Gasteiger partial charge < -0.3 is 19.1 Å². The van der Waals surface area contributed by atoms with Crippen LogP contribution in [0.25, 0.3) is 11.3 Å². The third-order valence-electron chi connectivity index (χ3n) is 6.86. The zero-order valence-corrected chi connectivity index (χ0v) is 22.0. The fourth-order valence-electron chi connectivity index (χ4n) is 5.03. The van der Waals surface area contributed by atoms with Gasteiger partial charge in [0.2, 0.25) is 6.79 Å². The molecular weight excluding hydrogens is 500 g/mol. The maximum absolute atomic E-state index is 13.3. The lowest BCUT2D eigenvalue weighted by Gasteiger charge is -2.19. The number of methoxy groups -OCH3 is 1. The highest BCUT2D eigenvalue weighted by atomic mass is 32.1. The molecule has 0 saturated carbocycles. The molecule has 0 bridgehead atoms. The minimum atomic E-state index is -0.0675. The summed E-state index contributed by atoms with van der Waals surface area (Å²) in [5, 5.41) is 0.803. The van der Waals surface area contributed by atoms with E-state index in [9.17, 15) is 9.59 Å². The summed E-state index contributed by atoms with van der Waals surface area (Å²) < 4.78 is 16.2. The van der Waals surface area contributed by atoms with E-state index >= 15 is 0 Å². The van der Waals surface area contributed by atoms with Gasteiger partial charge in [-0.3, -0.25) is 9.59 Å². The Morgan fingerprint density at radius 2 is 1.87 bits per heavy atom. The molecule has 0 spiro atoms. The van der Waals surface area contributed by atoms with Crippen LogP contribution in [0, 0.1) is 6.92 Å². The Morgan fingerprint density at radius 1 is 1.03 bits per heavy atom. The first-order valence-corrected chi connectivity index (χ1v) is 13.3. The average molecular weight is 527 g/mol. The summed E-state index contributed by atoms with van der Waals surface area (Å²) in [5.74, 6) is 2.00. The second-order valence-electron chi connectivity index (χ2n) is 9.34. The number of ether oxygens (including phenoxy) is 3. The number of rotatable bonds is 7. The van der Waals surface area contributed by atoms with Gasteiger partial charge in [-0.2, -0.15) is 0 Å². The zero-order chi connectivity index (χ0) is 26.2. The highest BCUT2D eigenvalue weighted by Crippen LogP contribution is 2.36. The standard InChI is InChI=1S/C30H26N2O5S/c1-18-29(31-28(38-18)16-22(33)13-19-7-10-26-27(14-19)37-17-36-26)21-8-9-24-20(15-21)11-12-32(24)30(34)23-5-3-4-6-25(23)35-2/h3-10,14-15H,11-13,16-17H2,1-2H3. The Balaban J connectivity index is 1.17. The number of thiazole rings is 1. The van der Waals surface area contributed by atoms with Crippen molar-refractivity contribution in [3.8, 4) is 28.5 Å². The van der Waals surface area contributed by atoms with Gasteiger partial charge in [0, 0.05) is 29.1 Å². The Hall–Kier alpha value is -4.17. The molecule has 4 aromatic rings. The predicted molar refractivity (Wildman–Crippen MR) is 146 cm³/mol. The first-order valence-electron chi connectivity index (χ1n) is 12.4. The molecule has 0 atom stereocenters. The van der Waals surface area contributed by atoms with E-state index in [0.717, 1.165) is 44.4 Å². The van der Waals surface area contributed by atoms with Crippen molar-refractivity contribution in [2.45, 2.75) is 26.2 Å². The van der Waals surface area contributed by atoms with Crippen LogP contribution in [0.3, 0.4) is 0 Å². The minimum Gasteiger partial charge on any atom is -0.496 e. The molecule has 0 N–H and O–H groups in total. The Kier molecular flexibility index (Phi) is 6.33. The van der Waals surface area contributed by atoms with Crippen LogP contribution in [-0.4, -0.2) is 37.1 Å². The monoisotopic (exact) mass is 526 g/mol. The molecule has 192 valence electrons. The summed E-state index contributed by atoms with van der Waals surface area (Å²) >= 11 is 1.55. The van der Waals surface area contributed by atoms with Crippen LogP contribution in [0.4, 0.5) is 5.69 Å². The van der Waals surface area contributed by atoms with Crippen LogP contribution in [-0.2, 0) is 24.1 Å². The second kappa shape index (κ2) is 9.95.